The van der Waals surface area contributed by atoms with Gasteiger partial charge in [-0.25, -0.2) is 4.98 Å². The van der Waals surface area contributed by atoms with E-state index in [1.54, 1.807) is 11.3 Å². The normalized spacial score (nSPS) is 15.4. The molecule has 1 saturated heterocycles. The Kier molecular flexibility index (Phi) is 5.46. The Morgan fingerprint density at radius 3 is 2.48 bits per heavy atom. The van der Waals surface area contributed by atoms with Gasteiger partial charge in [0.15, 0.2) is 0 Å². The lowest BCUT2D eigenvalue weighted by Crippen LogP contribution is -2.44. The average Bonchev–Trinajstić information content (AvgIpc) is 3.19. The molecule has 0 amide bonds. The number of likely N-dealkylation sites (N-methyl/N-ethyl adjacent to an activating group) is 1. The maximum Gasteiger partial charge on any atom is 0.203 e. The van der Waals surface area contributed by atoms with Gasteiger partial charge in [-0.15, -0.1) is 11.3 Å². The molecule has 0 spiro atoms. The van der Waals surface area contributed by atoms with E-state index in [0.29, 0.717) is 0 Å². The molecule has 27 heavy (non-hydrogen) atoms. The SMILES string of the molecule is CN1CCN(c2ccc(C=NNc3nc(-c4ccccc4)cs3)cc2)CC1. The van der Waals surface area contributed by atoms with Crippen molar-refractivity contribution in [3.05, 3.63) is 65.5 Å². The maximum absolute atomic E-state index is 4.58. The van der Waals surface area contributed by atoms with Crippen LogP contribution in [0.15, 0.2) is 65.1 Å². The van der Waals surface area contributed by atoms with Gasteiger partial charge >= 0.3 is 0 Å². The number of thiazole rings is 1. The highest BCUT2D eigenvalue weighted by Gasteiger charge is 2.13. The van der Waals surface area contributed by atoms with Crippen molar-refractivity contribution in [3.63, 3.8) is 0 Å². The van der Waals surface area contributed by atoms with Gasteiger partial charge in [-0.3, -0.25) is 5.43 Å². The average molecular weight is 378 g/mol. The van der Waals surface area contributed by atoms with Crippen LogP contribution < -0.4 is 10.3 Å². The molecule has 3 aromatic rings. The summed E-state index contributed by atoms with van der Waals surface area (Å²) in [6, 6.07) is 18.7. The second kappa shape index (κ2) is 8.33. The van der Waals surface area contributed by atoms with E-state index < -0.39 is 0 Å². The molecule has 4 rings (SSSR count). The zero-order chi connectivity index (χ0) is 18.5. The minimum atomic E-state index is 0.791. The third kappa shape index (κ3) is 4.53. The number of nitrogens with one attached hydrogen (secondary N) is 1. The highest BCUT2D eigenvalue weighted by atomic mass is 32.1. The highest BCUT2D eigenvalue weighted by molar-refractivity contribution is 7.14. The maximum atomic E-state index is 4.58. The van der Waals surface area contributed by atoms with Crippen molar-refractivity contribution in [3.8, 4) is 11.3 Å². The first-order valence-corrected chi connectivity index (χ1v) is 9.99. The molecule has 1 aliphatic heterocycles. The molecular weight excluding hydrogens is 354 g/mol. The molecular formula is C21H23N5S. The van der Waals surface area contributed by atoms with E-state index in [2.05, 4.69) is 68.8 Å². The number of benzene rings is 2. The van der Waals surface area contributed by atoms with Gasteiger partial charge in [-0.2, -0.15) is 5.10 Å². The Labute approximate surface area is 164 Å². The van der Waals surface area contributed by atoms with E-state index in [4.69, 9.17) is 0 Å². The summed E-state index contributed by atoms with van der Waals surface area (Å²) in [6.07, 6.45) is 1.83. The van der Waals surface area contributed by atoms with Crippen LogP contribution in [0, 0.1) is 0 Å². The van der Waals surface area contributed by atoms with Gasteiger partial charge in [0, 0.05) is 42.8 Å². The third-order valence-corrected chi connectivity index (χ3v) is 5.46. The van der Waals surface area contributed by atoms with Crippen LogP contribution in [-0.4, -0.2) is 49.3 Å². The van der Waals surface area contributed by atoms with Crippen LogP contribution in [0.2, 0.25) is 0 Å². The van der Waals surface area contributed by atoms with Gasteiger partial charge < -0.3 is 9.80 Å². The van der Waals surface area contributed by atoms with Crippen LogP contribution in [0.4, 0.5) is 10.8 Å². The number of hydrogen-bond donors (Lipinski definition) is 1. The van der Waals surface area contributed by atoms with Gasteiger partial charge in [0.05, 0.1) is 11.9 Å². The van der Waals surface area contributed by atoms with Crippen LogP contribution in [0.1, 0.15) is 5.56 Å². The summed E-state index contributed by atoms with van der Waals surface area (Å²) in [5.74, 6) is 0. The van der Waals surface area contributed by atoms with Gasteiger partial charge in [-0.05, 0) is 24.7 Å². The lowest BCUT2D eigenvalue weighted by Gasteiger charge is -2.34. The lowest BCUT2D eigenvalue weighted by atomic mass is 10.2. The Balaban J connectivity index is 1.34. The van der Waals surface area contributed by atoms with Crippen LogP contribution in [0.5, 0.6) is 0 Å². The monoisotopic (exact) mass is 377 g/mol. The largest absolute Gasteiger partial charge is 0.369 e. The van der Waals surface area contributed by atoms with E-state index in [1.165, 1.54) is 5.69 Å². The summed E-state index contributed by atoms with van der Waals surface area (Å²) in [6.45, 7) is 4.40. The van der Waals surface area contributed by atoms with Crippen LogP contribution in [0.3, 0.4) is 0 Å². The minimum Gasteiger partial charge on any atom is -0.369 e. The van der Waals surface area contributed by atoms with Gasteiger partial charge in [0.25, 0.3) is 0 Å². The van der Waals surface area contributed by atoms with Crippen LogP contribution in [0.25, 0.3) is 11.3 Å². The van der Waals surface area contributed by atoms with Gasteiger partial charge in [0.2, 0.25) is 5.13 Å². The van der Waals surface area contributed by atoms with E-state index in [1.807, 2.05) is 29.8 Å². The van der Waals surface area contributed by atoms with Crippen molar-refractivity contribution in [2.45, 2.75) is 0 Å². The molecule has 6 heteroatoms. The fourth-order valence-corrected chi connectivity index (χ4v) is 3.73. The summed E-state index contributed by atoms with van der Waals surface area (Å²) in [5.41, 5.74) is 7.46. The number of nitrogens with zero attached hydrogens (tertiary/aromatic N) is 4. The molecule has 2 aromatic carbocycles. The number of hydrogen-bond acceptors (Lipinski definition) is 6. The zero-order valence-corrected chi connectivity index (χ0v) is 16.2. The fraction of sp³-hybridized carbons (Fsp3) is 0.238. The predicted octanol–water partition coefficient (Wildman–Crippen LogP) is 4.01. The third-order valence-electron chi connectivity index (χ3n) is 4.71. The molecule has 138 valence electrons. The van der Waals surface area contributed by atoms with E-state index in [0.717, 1.165) is 48.1 Å². The van der Waals surface area contributed by atoms with E-state index in [9.17, 15) is 0 Å². The molecule has 1 aliphatic rings. The zero-order valence-electron chi connectivity index (χ0n) is 15.4. The van der Waals surface area contributed by atoms with E-state index in [-0.39, 0.29) is 0 Å². The minimum absolute atomic E-state index is 0.791. The Bertz CT molecular complexity index is 880. The van der Waals surface area contributed by atoms with Crippen molar-refractivity contribution < 1.29 is 0 Å². The van der Waals surface area contributed by atoms with Crippen molar-refractivity contribution in [1.82, 2.24) is 9.88 Å². The van der Waals surface area contributed by atoms with Crippen LogP contribution >= 0.6 is 11.3 Å². The molecule has 1 N–H and O–H groups in total. The van der Waals surface area contributed by atoms with Gasteiger partial charge in [-0.1, -0.05) is 42.5 Å². The quantitative estimate of drug-likeness (QED) is 0.539. The summed E-state index contributed by atoms with van der Waals surface area (Å²) in [4.78, 5) is 9.37. The molecule has 0 bridgehead atoms. The van der Waals surface area contributed by atoms with Gasteiger partial charge in [0.1, 0.15) is 0 Å². The summed E-state index contributed by atoms with van der Waals surface area (Å²) >= 11 is 1.55. The van der Waals surface area contributed by atoms with Crippen molar-refractivity contribution >= 4 is 28.4 Å². The van der Waals surface area contributed by atoms with Crippen molar-refractivity contribution in [2.75, 3.05) is 43.6 Å². The van der Waals surface area contributed by atoms with E-state index >= 15 is 0 Å². The molecule has 0 radical (unpaired) electrons. The summed E-state index contributed by atoms with van der Waals surface area (Å²) < 4.78 is 0. The van der Waals surface area contributed by atoms with Crippen LogP contribution in [-0.2, 0) is 0 Å². The standard InChI is InChI=1S/C21H23N5S/c1-25-11-13-26(14-12-25)19-9-7-17(8-10-19)15-22-24-21-23-20(16-27-21)18-5-3-2-4-6-18/h2-10,15-16H,11-14H2,1H3,(H,23,24). The Hall–Kier alpha value is -2.70. The molecule has 0 aliphatic carbocycles. The molecule has 1 aromatic heterocycles. The second-order valence-electron chi connectivity index (χ2n) is 6.66. The molecule has 0 atom stereocenters. The predicted molar refractivity (Wildman–Crippen MR) is 115 cm³/mol. The molecule has 5 nitrogen and oxygen atoms in total. The first-order valence-electron chi connectivity index (χ1n) is 9.11. The fourth-order valence-electron chi connectivity index (χ4n) is 3.06. The lowest BCUT2D eigenvalue weighted by molar-refractivity contribution is 0.313. The Morgan fingerprint density at radius 1 is 1.00 bits per heavy atom. The first kappa shape index (κ1) is 17.7. The second-order valence-corrected chi connectivity index (χ2v) is 7.51. The molecule has 1 fully saturated rings. The number of anilines is 2. The topological polar surface area (TPSA) is 43.8 Å². The number of piperazine rings is 1. The van der Waals surface area contributed by atoms with Crippen molar-refractivity contribution in [2.24, 2.45) is 5.10 Å². The Morgan fingerprint density at radius 2 is 1.74 bits per heavy atom. The highest BCUT2D eigenvalue weighted by Crippen LogP contribution is 2.24. The molecule has 2 heterocycles. The molecule has 0 unspecified atom stereocenters. The first-order chi connectivity index (χ1) is 13.3. The number of hydrazone groups is 1. The van der Waals surface area contributed by atoms with Crippen molar-refractivity contribution in [1.29, 1.82) is 0 Å². The number of rotatable bonds is 5. The smallest absolute Gasteiger partial charge is 0.203 e. The summed E-state index contributed by atoms with van der Waals surface area (Å²) in [7, 11) is 2.18. The molecule has 0 saturated carbocycles. The number of aromatic nitrogens is 1. The summed E-state index contributed by atoms with van der Waals surface area (Å²) in [5, 5.41) is 7.15.